The van der Waals surface area contributed by atoms with Crippen molar-refractivity contribution >= 4 is 11.0 Å². The summed E-state index contributed by atoms with van der Waals surface area (Å²) in [5.41, 5.74) is -0.756. The molecule has 0 radical (unpaired) electrons. The third-order valence-electron chi connectivity index (χ3n) is 7.35. The van der Waals surface area contributed by atoms with Gasteiger partial charge in [-0.2, -0.15) is 0 Å². The normalized spacial score (nSPS) is 31.1. The third-order valence-corrected chi connectivity index (χ3v) is 7.35. The second-order valence-corrected chi connectivity index (χ2v) is 10.2. The molecule has 0 aliphatic carbocycles. The summed E-state index contributed by atoms with van der Waals surface area (Å²) >= 11 is 0. The smallest absolute Gasteiger partial charge is 0.239 e. The number of rotatable bonds is 7. The fourth-order valence-corrected chi connectivity index (χ4v) is 4.90. The number of hydrogen-bond donors (Lipinski definition) is 7. The minimum absolute atomic E-state index is 0.0339. The molecule has 0 bridgehead atoms. The highest BCUT2D eigenvalue weighted by molar-refractivity contribution is 5.88. The van der Waals surface area contributed by atoms with Crippen LogP contribution in [-0.4, -0.2) is 112 Å². The van der Waals surface area contributed by atoms with E-state index in [1.54, 1.807) is 0 Å². The van der Waals surface area contributed by atoms with Crippen molar-refractivity contribution in [2.24, 2.45) is 0 Å². The Kier molecular flexibility index (Phi) is 8.69. The van der Waals surface area contributed by atoms with Crippen molar-refractivity contribution in [2.45, 2.75) is 62.2 Å². The molecule has 3 heterocycles. The Balaban J connectivity index is 1.60. The lowest BCUT2D eigenvalue weighted by molar-refractivity contribution is -0.344. The molecule has 0 saturated carbocycles. The highest BCUT2D eigenvalue weighted by atomic mass is 16.8. The van der Waals surface area contributed by atoms with E-state index in [1.165, 1.54) is 51.5 Å². The van der Waals surface area contributed by atoms with E-state index in [4.69, 9.17) is 32.8 Å². The Labute approximate surface area is 243 Å². The molecule has 15 heteroatoms. The van der Waals surface area contributed by atoms with Gasteiger partial charge in [0, 0.05) is 17.7 Å². The number of aliphatic hydroxyl groups excluding tert-OH is 5. The zero-order valence-corrected chi connectivity index (χ0v) is 23.2. The fourth-order valence-electron chi connectivity index (χ4n) is 4.90. The van der Waals surface area contributed by atoms with Gasteiger partial charge in [-0.25, -0.2) is 0 Å². The first-order valence-corrected chi connectivity index (χ1v) is 13.2. The van der Waals surface area contributed by atoms with Crippen LogP contribution in [0, 0.1) is 0 Å². The van der Waals surface area contributed by atoms with Crippen LogP contribution in [0.25, 0.3) is 22.3 Å². The van der Waals surface area contributed by atoms with Crippen molar-refractivity contribution in [1.29, 1.82) is 0 Å². The molecule has 2 aromatic carbocycles. The van der Waals surface area contributed by atoms with E-state index in [-0.39, 0.29) is 39.5 Å². The van der Waals surface area contributed by atoms with Gasteiger partial charge in [0.05, 0.1) is 26.9 Å². The number of phenolic OH excluding ortho intramolecular Hbond substituents is 2. The van der Waals surface area contributed by atoms with E-state index in [2.05, 4.69) is 0 Å². The largest absolute Gasteiger partial charge is 0.507 e. The molecule has 234 valence electrons. The maximum Gasteiger partial charge on any atom is 0.239 e. The molecule has 7 N–H and O–H groups in total. The van der Waals surface area contributed by atoms with Gasteiger partial charge in [0.2, 0.25) is 17.5 Å². The SMILES string of the molecule is COc1cc(O)c2c(=O)c(OC3OCC(O)C(O)C3OC3OC(C)C(O)C(O)C3O)c(-c3ccc(O)c(OC)c3)oc2c1. The third kappa shape index (κ3) is 5.69. The number of hydrogen-bond acceptors (Lipinski definition) is 15. The van der Waals surface area contributed by atoms with E-state index in [0.29, 0.717) is 0 Å². The van der Waals surface area contributed by atoms with Crippen LogP contribution < -0.4 is 19.6 Å². The molecule has 5 rings (SSSR count). The van der Waals surface area contributed by atoms with Crippen LogP contribution in [0.5, 0.6) is 28.7 Å². The molecule has 43 heavy (non-hydrogen) atoms. The number of fused-ring (bicyclic) bond motifs is 1. The summed E-state index contributed by atoms with van der Waals surface area (Å²) in [7, 11) is 2.68. The van der Waals surface area contributed by atoms with Gasteiger partial charge in [0.25, 0.3) is 0 Å². The number of benzene rings is 2. The van der Waals surface area contributed by atoms with Gasteiger partial charge in [0.15, 0.2) is 29.7 Å². The number of aromatic hydroxyl groups is 2. The quantitative estimate of drug-likeness (QED) is 0.180. The zero-order chi connectivity index (χ0) is 31.2. The highest BCUT2D eigenvalue weighted by Crippen LogP contribution is 2.40. The molecule has 0 spiro atoms. The van der Waals surface area contributed by atoms with Gasteiger partial charge in [-0.1, -0.05) is 0 Å². The van der Waals surface area contributed by atoms with Crippen LogP contribution in [0.1, 0.15) is 6.92 Å². The molecular weight excluding hydrogens is 576 g/mol. The van der Waals surface area contributed by atoms with Crippen LogP contribution in [0.15, 0.2) is 39.5 Å². The predicted molar refractivity (Wildman–Crippen MR) is 144 cm³/mol. The Bertz CT molecular complexity index is 1520. The van der Waals surface area contributed by atoms with Crippen LogP contribution in [-0.2, 0) is 14.2 Å². The number of methoxy groups -OCH3 is 2. The van der Waals surface area contributed by atoms with Gasteiger partial charge < -0.3 is 68.6 Å². The lowest BCUT2D eigenvalue weighted by Crippen LogP contribution is -2.62. The van der Waals surface area contributed by atoms with Crippen LogP contribution in [0.2, 0.25) is 0 Å². The van der Waals surface area contributed by atoms with E-state index in [1.807, 2.05) is 0 Å². The molecule has 2 saturated heterocycles. The summed E-state index contributed by atoms with van der Waals surface area (Å²) in [6, 6.07) is 6.62. The summed E-state index contributed by atoms with van der Waals surface area (Å²) in [5, 5.41) is 72.3. The highest BCUT2D eigenvalue weighted by Gasteiger charge is 2.48. The first-order valence-electron chi connectivity index (χ1n) is 13.2. The Morgan fingerprint density at radius 3 is 2.30 bits per heavy atom. The second kappa shape index (κ2) is 12.1. The standard InChI is InChI=1S/C28H32O15/c1-10-19(32)22(35)23(36)27(40-10)43-26-20(33)15(31)9-39-28(26)42-25-21(34)18-14(30)7-12(37-2)8-17(18)41-24(25)11-4-5-13(29)16(6-11)38-3/h4-8,10,15,19-20,22-23,26-33,35-36H,9H2,1-3H3. The van der Waals surface area contributed by atoms with Crippen molar-refractivity contribution in [3.63, 3.8) is 0 Å². The van der Waals surface area contributed by atoms with Crippen molar-refractivity contribution in [2.75, 3.05) is 20.8 Å². The van der Waals surface area contributed by atoms with Gasteiger partial charge in [0.1, 0.15) is 53.0 Å². The average Bonchev–Trinajstić information content (AvgIpc) is 2.99. The topological polar surface area (TPSA) is 227 Å². The zero-order valence-electron chi connectivity index (χ0n) is 23.2. The number of ether oxygens (including phenoxy) is 6. The molecule has 9 unspecified atom stereocenters. The van der Waals surface area contributed by atoms with Gasteiger partial charge in [-0.3, -0.25) is 4.79 Å². The van der Waals surface area contributed by atoms with Crippen LogP contribution >= 0.6 is 0 Å². The Morgan fingerprint density at radius 2 is 1.60 bits per heavy atom. The van der Waals surface area contributed by atoms with E-state index in [0.717, 1.165) is 0 Å². The minimum atomic E-state index is -1.77. The summed E-state index contributed by atoms with van der Waals surface area (Å²) in [6.45, 7) is 0.966. The lowest BCUT2D eigenvalue weighted by Gasteiger charge is -2.43. The number of phenols is 2. The average molecular weight is 609 g/mol. The van der Waals surface area contributed by atoms with Crippen LogP contribution in [0.3, 0.4) is 0 Å². The van der Waals surface area contributed by atoms with Crippen LogP contribution in [0.4, 0.5) is 0 Å². The van der Waals surface area contributed by atoms with Gasteiger partial charge in [-0.05, 0) is 25.1 Å². The Morgan fingerprint density at radius 1 is 0.860 bits per heavy atom. The van der Waals surface area contributed by atoms with Crippen molar-refractivity contribution < 1.29 is 68.6 Å². The molecule has 3 aromatic rings. The molecule has 15 nitrogen and oxygen atoms in total. The molecule has 2 aliphatic heterocycles. The van der Waals surface area contributed by atoms with Gasteiger partial charge >= 0.3 is 0 Å². The summed E-state index contributed by atoms with van der Waals surface area (Å²) in [4.78, 5) is 13.9. The fraction of sp³-hybridized carbons (Fsp3) is 0.464. The first kappa shape index (κ1) is 30.8. The summed E-state index contributed by atoms with van der Waals surface area (Å²) < 4.78 is 39.1. The predicted octanol–water partition coefficient (Wildman–Crippen LogP) is -0.442. The maximum atomic E-state index is 13.9. The van der Waals surface area contributed by atoms with Gasteiger partial charge in [-0.15, -0.1) is 0 Å². The lowest BCUT2D eigenvalue weighted by atomic mass is 9.99. The van der Waals surface area contributed by atoms with Crippen molar-refractivity contribution in [1.82, 2.24) is 0 Å². The molecule has 0 amide bonds. The van der Waals surface area contributed by atoms with E-state index >= 15 is 0 Å². The van der Waals surface area contributed by atoms with Crippen molar-refractivity contribution in [3.05, 3.63) is 40.6 Å². The van der Waals surface area contributed by atoms with E-state index in [9.17, 15) is 40.5 Å². The first-order chi connectivity index (χ1) is 20.4. The molecule has 9 atom stereocenters. The van der Waals surface area contributed by atoms with E-state index < -0.39 is 78.8 Å². The Hall–Kier alpha value is -3.67. The molecular formula is C28H32O15. The maximum absolute atomic E-state index is 13.9. The molecule has 2 fully saturated rings. The molecule has 1 aromatic heterocycles. The second-order valence-electron chi connectivity index (χ2n) is 10.2. The number of aliphatic hydroxyl groups is 5. The summed E-state index contributed by atoms with van der Waals surface area (Å²) in [5.74, 6) is -1.19. The minimum Gasteiger partial charge on any atom is -0.507 e. The summed E-state index contributed by atoms with van der Waals surface area (Å²) in [6.07, 6.45) is -13.9. The monoisotopic (exact) mass is 608 g/mol. The van der Waals surface area contributed by atoms with Crippen molar-refractivity contribution in [3.8, 4) is 40.1 Å². The molecule has 2 aliphatic rings.